The molecule has 0 bridgehead atoms. The Morgan fingerprint density at radius 2 is 2.16 bits per heavy atom. The largest absolute Gasteiger partial charge is 0.492 e. The van der Waals surface area contributed by atoms with Crippen LogP contribution in [-0.2, 0) is 6.42 Å². The van der Waals surface area contributed by atoms with Crippen molar-refractivity contribution in [3.63, 3.8) is 0 Å². The monoisotopic (exact) mass is 257 g/mol. The Hall–Kier alpha value is -1.74. The van der Waals surface area contributed by atoms with Crippen LogP contribution >= 0.6 is 0 Å². The van der Waals surface area contributed by atoms with Crippen LogP contribution in [0.25, 0.3) is 5.69 Å². The van der Waals surface area contributed by atoms with Crippen molar-refractivity contribution in [2.45, 2.75) is 32.3 Å². The molecular weight excluding hydrogens is 238 g/mol. The third-order valence-corrected chi connectivity index (χ3v) is 3.70. The predicted octanol–water partition coefficient (Wildman–Crippen LogP) is 3.25. The fourth-order valence-corrected chi connectivity index (χ4v) is 2.83. The van der Waals surface area contributed by atoms with E-state index in [1.165, 1.54) is 5.69 Å². The van der Waals surface area contributed by atoms with Gasteiger partial charge in [0.1, 0.15) is 5.75 Å². The van der Waals surface area contributed by atoms with E-state index in [-0.39, 0.29) is 6.10 Å². The molecule has 1 heterocycles. The first kappa shape index (κ1) is 12.3. The Morgan fingerprint density at radius 1 is 1.32 bits per heavy atom. The van der Waals surface area contributed by atoms with Gasteiger partial charge in [0.15, 0.2) is 0 Å². The molecule has 1 atom stereocenters. The molecule has 3 nitrogen and oxygen atoms in total. The minimum atomic E-state index is -0.316. The van der Waals surface area contributed by atoms with Gasteiger partial charge in [0.05, 0.1) is 18.4 Å². The van der Waals surface area contributed by atoms with Crippen molar-refractivity contribution in [3.8, 4) is 11.4 Å². The molecule has 3 heteroatoms. The number of fused-ring (bicyclic) bond motifs is 1. The highest BCUT2D eigenvalue weighted by atomic mass is 16.5. The van der Waals surface area contributed by atoms with Crippen LogP contribution in [0, 0.1) is 0 Å². The highest BCUT2D eigenvalue weighted by Crippen LogP contribution is 2.34. The first-order valence-electron chi connectivity index (χ1n) is 6.91. The summed E-state index contributed by atoms with van der Waals surface area (Å²) in [7, 11) is 0. The van der Waals surface area contributed by atoms with Crippen molar-refractivity contribution < 1.29 is 9.84 Å². The average Bonchev–Trinajstić information content (AvgIpc) is 2.85. The number of hydrogen-bond acceptors (Lipinski definition) is 2. The van der Waals surface area contributed by atoms with Crippen LogP contribution in [0.5, 0.6) is 5.75 Å². The smallest absolute Gasteiger partial charge is 0.143 e. The molecule has 0 aliphatic heterocycles. The summed E-state index contributed by atoms with van der Waals surface area (Å²) in [5.74, 6) is 0.892. The van der Waals surface area contributed by atoms with Gasteiger partial charge in [-0.15, -0.1) is 0 Å². The minimum Gasteiger partial charge on any atom is -0.492 e. The van der Waals surface area contributed by atoms with E-state index in [0.717, 1.165) is 36.3 Å². The second-order valence-corrected chi connectivity index (χ2v) is 4.90. The summed E-state index contributed by atoms with van der Waals surface area (Å²) < 4.78 is 7.85. The molecule has 3 rings (SSSR count). The predicted molar refractivity (Wildman–Crippen MR) is 74.8 cm³/mol. The topological polar surface area (TPSA) is 34.4 Å². The number of benzene rings is 1. The molecule has 0 saturated heterocycles. The molecule has 0 saturated carbocycles. The molecule has 1 aliphatic rings. The number of ether oxygens (including phenoxy) is 1. The number of aliphatic hydroxyl groups is 1. The molecule has 1 unspecified atom stereocenters. The van der Waals surface area contributed by atoms with Crippen molar-refractivity contribution in [1.29, 1.82) is 0 Å². The van der Waals surface area contributed by atoms with Crippen LogP contribution in [-0.4, -0.2) is 16.3 Å². The van der Waals surface area contributed by atoms with Crippen LogP contribution in [0.3, 0.4) is 0 Å². The lowest BCUT2D eigenvalue weighted by Gasteiger charge is -2.21. The Kier molecular flexibility index (Phi) is 3.30. The molecule has 0 fully saturated rings. The normalized spacial score (nSPS) is 18.1. The van der Waals surface area contributed by atoms with Crippen LogP contribution in [0.2, 0.25) is 0 Å². The van der Waals surface area contributed by atoms with Gasteiger partial charge in [-0.3, -0.25) is 0 Å². The summed E-state index contributed by atoms with van der Waals surface area (Å²) in [5.41, 5.74) is 3.34. The summed E-state index contributed by atoms with van der Waals surface area (Å²) in [5, 5.41) is 10.0. The van der Waals surface area contributed by atoms with Gasteiger partial charge in [-0.1, -0.05) is 12.1 Å². The maximum absolute atomic E-state index is 10.0. The third-order valence-electron chi connectivity index (χ3n) is 3.70. The van der Waals surface area contributed by atoms with Gasteiger partial charge >= 0.3 is 0 Å². The summed E-state index contributed by atoms with van der Waals surface area (Å²) >= 11 is 0. The molecule has 19 heavy (non-hydrogen) atoms. The highest BCUT2D eigenvalue weighted by Gasteiger charge is 2.22. The van der Waals surface area contributed by atoms with Crippen molar-refractivity contribution in [1.82, 2.24) is 4.57 Å². The van der Waals surface area contributed by atoms with Crippen LogP contribution in [0.4, 0.5) is 0 Å². The van der Waals surface area contributed by atoms with Crippen molar-refractivity contribution in [2.24, 2.45) is 0 Å². The standard InChI is InChI=1S/C16H19NO2/c1-2-19-16-9-4-3-6-14(16)17-11-10-12-13(17)7-5-8-15(12)18/h3-4,6,9-11,15,18H,2,5,7-8H2,1H3. The maximum atomic E-state index is 10.0. The lowest BCUT2D eigenvalue weighted by Crippen LogP contribution is -2.11. The van der Waals surface area contributed by atoms with Gasteiger partial charge in [0.2, 0.25) is 0 Å². The minimum absolute atomic E-state index is 0.316. The number of nitrogens with zero attached hydrogens (tertiary/aromatic N) is 1. The molecule has 1 N–H and O–H groups in total. The molecule has 100 valence electrons. The fourth-order valence-electron chi connectivity index (χ4n) is 2.83. The second-order valence-electron chi connectivity index (χ2n) is 4.90. The molecule has 1 aromatic carbocycles. The molecule has 2 aromatic rings. The number of rotatable bonds is 3. The second kappa shape index (κ2) is 5.10. The lowest BCUT2D eigenvalue weighted by atomic mass is 9.95. The van der Waals surface area contributed by atoms with E-state index in [0.29, 0.717) is 6.61 Å². The number of aliphatic hydroxyl groups excluding tert-OH is 1. The third kappa shape index (κ3) is 2.15. The molecule has 0 radical (unpaired) electrons. The number of aromatic nitrogens is 1. The van der Waals surface area contributed by atoms with E-state index in [9.17, 15) is 5.11 Å². The molecule has 0 amide bonds. The van der Waals surface area contributed by atoms with Crippen molar-refractivity contribution >= 4 is 0 Å². The zero-order valence-electron chi connectivity index (χ0n) is 11.2. The first-order valence-corrected chi connectivity index (χ1v) is 6.91. The Bertz CT molecular complexity index is 574. The summed E-state index contributed by atoms with van der Waals surface area (Å²) in [6.07, 6.45) is 4.64. The number of para-hydroxylation sites is 2. The van der Waals surface area contributed by atoms with Gasteiger partial charge in [0, 0.05) is 17.5 Å². The molecule has 0 spiro atoms. The van der Waals surface area contributed by atoms with Gasteiger partial charge < -0.3 is 14.4 Å². The lowest BCUT2D eigenvalue weighted by molar-refractivity contribution is 0.156. The number of hydrogen-bond donors (Lipinski definition) is 1. The fraction of sp³-hybridized carbons (Fsp3) is 0.375. The maximum Gasteiger partial charge on any atom is 0.143 e. The van der Waals surface area contributed by atoms with E-state index < -0.39 is 0 Å². The Labute approximate surface area is 113 Å². The van der Waals surface area contributed by atoms with Crippen molar-refractivity contribution in [2.75, 3.05) is 6.61 Å². The van der Waals surface area contributed by atoms with Crippen LogP contribution < -0.4 is 4.74 Å². The zero-order valence-corrected chi connectivity index (χ0v) is 11.2. The quantitative estimate of drug-likeness (QED) is 0.916. The zero-order chi connectivity index (χ0) is 13.2. The van der Waals surface area contributed by atoms with E-state index in [2.05, 4.69) is 10.6 Å². The summed E-state index contributed by atoms with van der Waals surface area (Å²) in [6.45, 7) is 2.65. The highest BCUT2D eigenvalue weighted by molar-refractivity contribution is 5.49. The van der Waals surface area contributed by atoms with Crippen LogP contribution in [0.1, 0.15) is 37.1 Å². The SMILES string of the molecule is CCOc1ccccc1-n1ccc2c1CCCC2O. The average molecular weight is 257 g/mol. The van der Waals surface area contributed by atoms with E-state index >= 15 is 0 Å². The molecule has 1 aromatic heterocycles. The van der Waals surface area contributed by atoms with E-state index in [1.807, 2.05) is 37.4 Å². The van der Waals surface area contributed by atoms with Gasteiger partial charge in [-0.2, -0.15) is 0 Å². The van der Waals surface area contributed by atoms with Gasteiger partial charge in [-0.05, 0) is 44.4 Å². The molecular formula is C16H19NO2. The molecule has 1 aliphatic carbocycles. The Balaban J connectivity index is 2.08. The van der Waals surface area contributed by atoms with E-state index in [1.54, 1.807) is 0 Å². The van der Waals surface area contributed by atoms with Crippen LogP contribution in [0.15, 0.2) is 36.5 Å². The van der Waals surface area contributed by atoms with E-state index in [4.69, 9.17) is 4.74 Å². The Morgan fingerprint density at radius 3 is 3.00 bits per heavy atom. The van der Waals surface area contributed by atoms with Gasteiger partial charge in [0.25, 0.3) is 0 Å². The van der Waals surface area contributed by atoms with Gasteiger partial charge in [-0.25, -0.2) is 0 Å². The van der Waals surface area contributed by atoms with Crippen molar-refractivity contribution in [3.05, 3.63) is 47.8 Å². The summed E-state index contributed by atoms with van der Waals surface area (Å²) in [4.78, 5) is 0. The first-order chi connectivity index (χ1) is 9.31. The summed E-state index contributed by atoms with van der Waals surface area (Å²) in [6, 6.07) is 10.1.